The Labute approximate surface area is 150 Å². The van der Waals surface area contributed by atoms with Crippen molar-refractivity contribution in [3.63, 3.8) is 0 Å². The summed E-state index contributed by atoms with van der Waals surface area (Å²) in [6.45, 7) is 5.67. The number of aryl methyl sites for hydroxylation is 2. The Morgan fingerprint density at radius 1 is 1.48 bits per heavy atom. The molecule has 1 atom stereocenters. The number of hydrogen-bond donors (Lipinski definition) is 1. The zero-order valence-electron chi connectivity index (χ0n) is 14.4. The van der Waals surface area contributed by atoms with Gasteiger partial charge in [-0.1, -0.05) is 6.07 Å². The normalized spacial score (nSPS) is 17.8. The van der Waals surface area contributed by atoms with E-state index in [-0.39, 0.29) is 25.0 Å². The molecular formula is C17H22N4O3S. The van der Waals surface area contributed by atoms with Crippen molar-refractivity contribution in [2.75, 3.05) is 19.8 Å². The maximum absolute atomic E-state index is 12.6. The molecule has 0 spiro atoms. The van der Waals surface area contributed by atoms with Gasteiger partial charge in [0, 0.05) is 17.1 Å². The van der Waals surface area contributed by atoms with Gasteiger partial charge in [-0.2, -0.15) is 5.10 Å². The van der Waals surface area contributed by atoms with Gasteiger partial charge in [-0.05, 0) is 31.4 Å². The SMILES string of the molecule is Cc1cc(C)n(CCNC(=O)[C@H]2COCC(=O)N2Cc2cccs2)n1. The van der Waals surface area contributed by atoms with E-state index >= 15 is 0 Å². The molecule has 8 heteroatoms. The van der Waals surface area contributed by atoms with Gasteiger partial charge >= 0.3 is 0 Å². The molecule has 3 heterocycles. The predicted octanol–water partition coefficient (Wildman–Crippen LogP) is 1.11. The Kier molecular flexibility index (Phi) is 5.50. The van der Waals surface area contributed by atoms with Crippen molar-refractivity contribution in [1.82, 2.24) is 20.0 Å². The molecule has 3 rings (SSSR count). The molecule has 134 valence electrons. The zero-order valence-corrected chi connectivity index (χ0v) is 15.2. The summed E-state index contributed by atoms with van der Waals surface area (Å²) in [7, 11) is 0. The number of nitrogens with one attached hydrogen (secondary N) is 1. The highest BCUT2D eigenvalue weighted by molar-refractivity contribution is 7.09. The molecule has 1 saturated heterocycles. The molecular weight excluding hydrogens is 340 g/mol. The highest BCUT2D eigenvalue weighted by atomic mass is 32.1. The summed E-state index contributed by atoms with van der Waals surface area (Å²) >= 11 is 1.57. The Morgan fingerprint density at radius 3 is 3.00 bits per heavy atom. The predicted molar refractivity (Wildman–Crippen MR) is 94.2 cm³/mol. The van der Waals surface area contributed by atoms with Crippen LogP contribution >= 0.6 is 11.3 Å². The van der Waals surface area contributed by atoms with Crippen molar-refractivity contribution in [2.24, 2.45) is 0 Å². The van der Waals surface area contributed by atoms with Crippen LogP contribution in [0, 0.1) is 13.8 Å². The summed E-state index contributed by atoms with van der Waals surface area (Å²) in [4.78, 5) is 27.4. The molecule has 1 aliphatic rings. The van der Waals surface area contributed by atoms with Gasteiger partial charge in [0.05, 0.1) is 25.4 Å². The molecule has 2 aromatic rings. The van der Waals surface area contributed by atoms with E-state index in [2.05, 4.69) is 10.4 Å². The quantitative estimate of drug-likeness (QED) is 0.835. The fraction of sp³-hybridized carbons (Fsp3) is 0.471. The first-order chi connectivity index (χ1) is 12.0. The number of rotatable bonds is 6. The van der Waals surface area contributed by atoms with Crippen LogP contribution in [0.15, 0.2) is 23.6 Å². The summed E-state index contributed by atoms with van der Waals surface area (Å²) in [5, 5.41) is 9.23. The lowest BCUT2D eigenvalue weighted by Gasteiger charge is -2.34. The molecule has 0 radical (unpaired) electrons. The Bertz CT molecular complexity index is 741. The molecule has 0 unspecified atom stereocenters. The van der Waals surface area contributed by atoms with Crippen molar-refractivity contribution >= 4 is 23.2 Å². The van der Waals surface area contributed by atoms with Crippen molar-refractivity contribution in [1.29, 1.82) is 0 Å². The second-order valence-electron chi connectivity index (χ2n) is 6.07. The Balaban J connectivity index is 1.58. The first kappa shape index (κ1) is 17.6. The van der Waals surface area contributed by atoms with Crippen molar-refractivity contribution in [2.45, 2.75) is 33.0 Å². The number of amides is 2. The van der Waals surface area contributed by atoms with Crippen molar-refractivity contribution in [3.8, 4) is 0 Å². The van der Waals surface area contributed by atoms with Crippen molar-refractivity contribution in [3.05, 3.63) is 39.8 Å². The third-order valence-electron chi connectivity index (χ3n) is 4.13. The lowest BCUT2D eigenvalue weighted by molar-refractivity contribution is -0.155. The van der Waals surface area contributed by atoms with Crippen LogP contribution in [0.1, 0.15) is 16.3 Å². The number of hydrogen-bond acceptors (Lipinski definition) is 5. The lowest BCUT2D eigenvalue weighted by atomic mass is 10.2. The minimum absolute atomic E-state index is 0.0287. The third-order valence-corrected chi connectivity index (χ3v) is 4.99. The van der Waals surface area contributed by atoms with Crippen LogP contribution in [-0.2, 0) is 27.4 Å². The number of nitrogens with zero attached hydrogens (tertiary/aromatic N) is 3. The maximum atomic E-state index is 12.6. The second-order valence-corrected chi connectivity index (χ2v) is 7.11. The van der Waals surface area contributed by atoms with Gasteiger partial charge in [0.2, 0.25) is 11.8 Å². The summed E-state index contributed by atoms with van der Waals surface area (Å²) in [6.07, 6.45) is 0. The molecule has 1 N–H and O–H groups in total. The van der Waals surface area contributed by atoms with E-state index in [4.69, 9.17) is 4.74 Å². The Hall–Kier alpha value is -2.19. The molecule has 0 bridgehead atoms. The number of aromatic nitrogens is 2. The number of carbonyl (C=O) groups excluding carboxylic acids is 2. The number of thiophene rings is 1. The van der Waals surface area contributed by atoms with Gasteiger partial charge in [-0.3, -0.25) is 14.3 Å². The summed E-state index contributed by atoms with van der Waals surface area (Å²) in [5.41, 5.74) is 2.01. The summed E-state index contributed by atoms with van der Waals surface area (Å²) < 4.78 is 7.15. The number of carbonyl (C=O) groups is 2. The molecule has 7 nitrogen and oxygen atoms in total. The van der Waals surface area contributed by atoms with E-state index in [1.54, 1.807) is 16.2 Å². The largest absolute Gasteiger partial charge is 0.369 e. The van der Waals surface area contributed by atoms with Crippen LogP contribution in [0.5, 0.6) is 0 Å². The van der Waals surface area contributed by atoms with E-state index in [1.807, 2.05) is 42.1 Å². The van der Waals surface area contributed by atoms with Gasteiger partial charge in [-0.15, -0.1) is 11.3 Å². The first-order valence-corrected chi connectivity index (χ1v) is 9.11. The second kappa shape index (κ2) is 7.79. The monoisotopic (exact) mass is 362 g/mol. The molecule has 25 heavy (non-hydrogen) atoms. The van der Waals surface area contributed by atoms with Crippen LogP contribution in [0.2, 0.25) is 0 Å². The third kappa shape index (κ3) is 4.26. The topological polar surface area (TPSA) is 76.5 Å². The van der Waals surface area contributed by atoms with Gasteiger partial charge < -0.3 is 15.0 Å². The summed E-state index contributed by atoms with van der Waals surface area (Å²) in [6, 6.07) is 5.31. The Morgan fingerprint density at radius 2 is 2.32 bits per heavy atom. The van der Waals surface area contributed by atoms with E-state index in [1.165, 1.54) is 0 Å². The van der Waals surface area contributed by atoms with Crippen LogP contribution in [0.4, 0.5) is 0 Å². The minimum atomic E-state index is -0.594. The number of morpholine rings is 1. The first-order valence-electron chi connectivity index (χ1n) is 8.23. The van der Waals surface area contributed by atoms with E-state index in [0.717, 1.165) is 16.3 Å². The van der Waals surface area contributed by atoms with Crippen LogP contribution in [0.25, 0.3) is 0 Å². The molecule has 0 saturated carbocycles. The minimum Gasteiger partial charge on any atom is -0.369 e. The van der Waals surface area contributed by atoms with Gasteiger partial charge in [0.25, 0.3) is 0 Å². The zero-order chi connectivity index (χ0) is 17.8. The van der Waals surface area contributed by atoms with Gasteiger partial charge in [-0.25, -0.2) is 0 Å². The highest BCUT2D eigenvalue weighted by Crippen LogP contribution is 2.17. The fourth-order valence-corrected chi connectivity index (χ4v) is 3.60. The fourth-order valence-electron chi connectivity index (χ4n) is 2.89. The molecule has 0 aromatic carbocycles. The smallest absolute Gasteiger partial charge is 0.249 e. The van der Waals surface area contributed by atoms with Crippen LogP contribution < -0.4 is 5.32 Å². The lowest BCUT2D eigenvalue weighted by Crippen LogP contribution is -2.56. The van der Waals surface area contributed by atoms with Gasteiger partial charge in [0.1, 0.15) is 12.6 Å². The average molecular weight is 362 g/mol. The molecule has 1 fully saturated rings. The van der Waals surface area contributed by atoms with Crippen LogP contribution in [-0.4, -0.2) is 52.3 Å². The van der Waals surface area contributed by atoms with E-state index in [9.17, 15) is 9.59 Å². The van der Waals surface area contributed by atoms with E-state index < -0.39 is 6.04 Å². The summed E-state index contributed by atoms with van der Waals surface area (Å²) in [5.74, 6) is -0.343. The molecule has 2 aromatic heterocycles. The molecule has 1 aliphatic heterocycles. The van der Waals surface area contributed by atoms with Crippen LogP contribution in [0.3, 0.4) is 0 Å². The average Bonchev–Trinajstić information content (AvgIpc) is 3.19. The molecule has 0 aliphatic carbocycles. The van der Waals surface area contributed by atoms with Gasteiger partial charge in [0.15, 0.2) is 0 Å². The maximum Gasteiger partial charge on any atom is 0.249 e. The van der Waals surface area contributed by atoms with E-state index in [0.29, 0.717) is 19.6 Å². The molecule has 2 amide bonds. The highest BCUT2D eigenvalue weighted by Gasteiger charge is 2.34. The van der Waals surface area contributed by atoms with Crippen molar-refractivity contribution < 1.29 is 14.3 Å². The standard InChI is InChI=1S/C17H22N4O3S/c1-12-8-13(2)21(19-12)6-5-18-17(23)15-10-24-11-16(22)20(15)9-14-4-3-7-25-14/h3-4,7-8,15H,5-6,9-11H2,1-2H3,(H,18,23)/t15-/m1/s1. The number of ether oxygens (including phenoxy) is 1.